The lowest BCUT2D eigenvalue weighted by atomic mass is 10.1. The quantitative estimate of drug-likeness (QED) is 0.613. The number of rotatable bonds is 5. The van der Waals surface area contributed by atoms with Gasteiger partial charge in [0.1, 0.15) is 0 Å². The fourth-order valence-electron chi connectivity index (χ4n) is 1.56. The van der Waals surface area contributed by atoms with Gasteiger partial charge in [-0.3, -0.25) is 0 Å². The van der Waals surface area contributed by atoms with Gasteiger partial charge in [0.05, 0.1) is 12.7 Å². The number of carbonyl (C=O) groups excluding carboxylic acids is 1. The van der Waals surface area contributed by atoms with Crippen molar-refractivity contribution in [3.63, 3.8) is 0 Å². The minimum Gasteiger partial charge on any atom is -0.465 e. The highest BCUT2D eigenvalue weighted by Crippen LogP contribution is 2.19. The summed E-state index contributed by atoms with van der Waals surface area (Å²) in [5.74, 6) is -0.281. The number of ether oxygens (including phenoxy) is 1. The van der Waals surface area contributed by atoms with Crippen LogP contribution in [0.3, 0.4) is 0 Å². The van der Waals surface area contributed by atoms with Crippen LogP contribution in [0.2, 0.25) is 0 Å². The second-order valence-corrected chi connectivity index (χ2v) is 3.75. The average molecular weight is 221 g/mol. The average Bonchev–Trinajstić information content (AvgIpc) is 2.30. The van der Waals surface area contributed by atoms with Gasteiger partial charge in [-0.2, -0.15) is 0 Å². The van der Waals surface area contributed by atoms with Gasteiger partial charge in [0.25, 0.3) is 0 Å². The lowest BCUT2D eigenvalue weighted by molar-refractivity contribution is 0.0600. The highest BCUT2D eigenvalue weighted by atomic mass is 16.5. The minimum atomic E-state index is -0.281. The van der Waals surface area contributed by atoms with Crippen molar-refractivity contribution in [3.05, 3.63) is 29.3 Å². The molecule has 0 aliphatic carbocycles. The van der Waals surface area contributed by atoms with Gasteiger partial charge in [0.2, 0.25) is 0 Å². The van der Waals surface area contributed by atoms with Crippen LogP contribution in [0.1, 0.15) is 35.7 Å². The van der Waals surface area contributed by atoms with Crippen molar-refractivity contribution in [2.45, 2.75) is 26.7 Å². The number of carbonyl (C=O) groups is 1. The number of nitrogens with one attached hydrogen (secondary N) is 1. The number of anilines is 1. The molecule has 0 unspecified atom stereocenters. The van der Waals surface area contributed by atoms with Crippen LogP contribution < -0.4 is 5.32 Å². The van der Waals surface area contributed by atoms with Crippen LogP contribution in [0, 0.1) is 6.92 Å². The maximum Gasteiger partial charge on any atom is 0.338 e. The third-order valence-corrected chi connectivity index (χ3v) is 2.58. The van der Waals surface area contributed by atoms with E-state index in [1.165, 1.54) is 7.11 Å². The second-order valence-electron chi connectivity index (χ2n) is 3.75. The van der Waals surface area contributed by atoms with Gasteiger partial charge in [-0.15, -0.1) is 0 Å². The maximum atomic E-state index is 11.5. The number of hydrogen-bond donors (Lipinski definition) is 1. The summed E-state index contributed by atoms with van der Waals surface area (Å²) in [5.41, 5.74) is 2.59. The summed E-state index contributed by atoms with van der Waals surface area (Å²) in [5, 5.41) is 3.33. The van der Waals surface area contributed by atoms with Crippen LogP contribution in [0.5, 0.6) is 0 Å². The Morgan fingerprint density at radius 3 is 2.81 bits per heavy atom. The lowest BCUT2D eigenvalue weighted by Gasteiger charge is -2.11. The van der Waals surface area contributed by atoms with Crippen LogP contribution >= 0.6 is 0 Å². The first-order valence-electron chi connectivity index (χ1n) is 5.62. The van der Waals surface area contributed by atoms with E-state index >= 15 is 0 Å². The molecule has 0 saturated heterocycles. The van der Waals surface area contributed by atoms with Gasteiger partial charge in [-0.25, -0.2) is 4.79 Å². The van der Waals surface area contributed by atoms with Gasteiger partial charge >= 0.3 is 5.97 Å². The molecule has 1 aromatic rings. The first-order chi connectivity index (χ1) is 7.70. The SMILES string of the molecule is CCCCNc1cccc(C(=O)OC)c1C. The van der Waals surface area contributed by atoms with E-state index in [2.05, 4.69) is 12.2 Å². The third kappa shape index (κ3) is 2.99. The van der Waals surface area contributed by atoms with Crippen molar-refractivity contribution >= 4 is 11.7 Å². The molecule has 0 amide bonds. The molecule has 0 aliphatic heterocycles. The van der Waals surface area contributed by atoms with Crippen molar-refractivity contribution in [3.8, 4) is 0 Å². The van der Waals surface area contributed by atoms with E-state index in [0.29, 0.717) is 5.56 Å². The first kappa shape index (κ1) is 12.6. The predicted molar refractivity (Wildman–Crippen MR) is 65.9 cm³/mol. The number of methoxy groups -OCH3 is 1. The molecule has 3 heteroatoms. The van der Waals surface area contributed by atoms with Crippen LogP contribution in [-0.4, -0.2) is 19.6 Å². The molecule has 1 N–H and O–H groups in total. The second kappa shape index (κ2) is 6.16. The number of hydrogen-bond acceptors (Lipinski definition) is 3. The molecule has 0 saturated carbocycles. The van der Waals surface area contributed by atoms with E-state index in [1.807, 2.05) is 19.1 Å². The summed E-state index contributed by atoms with van der Waals surface area (Å²) in [4.78, 5) is 11.5. The van der Waals surface area contributed by atoms with E-state index < -0.39 is 0 Å². The summed E-state index contributed by atoms with van der Waals surface area (Å²) >= 11 is 0. The zero-order chi connectivity index (χ0) is 12.0. The summed E-state index contributed by atoms with van der Waals surface area (Å²) in [6.45, 7) is 5.02. The fourth-order valence-corrected chi connectivity index (χ4v) is 1.56. The molecule has 1 rings (SSSR count). The normalized spacial score (nSPS) is 9.94. The van der Waals surface area contributed by atoms with Crippen molar-refractivity contribution in [1.29, 1.82) is 0 Å². The van der Waals surface area contributed by atoms with Gasteiger partial charge in [-0.05, 0) is 31.0 Å². The van der Waals surface area contributed by atoms with E-state index in [9.17, 15) is 4.79 Å². The van der Waals surface area contributed by atoms with Crippen LogP contribution in [0.25, 0.3) is 0 Å². The Bertz CT molecular complexity index is 361. The maximum absolute atomic E-state index is 11.5. The molecule has 16 heavy (non-hydrogen) atoms. The van der Waals surface area contributed by atoms with Crippen molar-refractivity contribution in [2.75, 3.05) is 19.0 Å². The first-order valence-corrected chi connectivity index (χ1v) is 5.62. The Morgan fingerprint density at radius 1 is 1.44 bits per heavy atom. The van der Waals surface area contributed by atoms with E-state index in [1.54, 1.807) is 6.07 Å². The molecule has 0 atom stereocenters. The molecule has 0 fully saturated rings. The minimum absolute atomic E-state index is 0.281. The highest BCUT2D eigenvalue weighted by Gasteiger charge is 2.10. The lowest BCUT2D eigenvalue weighted by Crippen LogP contribution is -2.08. The molecule has 0 aromatic heterocycles. The molecule has 88 valence electrons. The van der Waals surface area contributed by atoms with E-state index in [0.717, 1.165) is 30.6 Å². The smallest absolute Gasteiger partial charge is 0.338 e. The summed E-state index contributed by atoms with van der Waals surface area (Å²) in [7, 11) is 1.40. The molecule has 0 spiro atoms. The Morgan fingerprint density at radius 2 is 2.19 bits per heavy atom. The molecule has 3 nitrogen and oxygen atoms in total. The third-order valence-electron chi connectivity index (χ3n) is 2.58. The number of esters is 1. The standard InChI is InChI=1S/C13H19NO2/c1-4-5-9-14-12-8-6-7-11(10(12)2)13(15)16-3/h6-8,14H,4-5,9H2,1-3H3. The largest absolute Gasteiger partial charge is 0.465 e. The highest BCUT2D eigenvalue weighted by molar-refractivity contribution is 5.92. The summed E-state index contributed by atoms with van der Waals surface area (Å²) in [6, 6.07) is 5.64. The van der Waals surface area contributed by atoms with Crippen LogP contribution in [0.15, 0.2) is 18.2 Å². The molecule has 0 bridgehead atoms. The molecular formula is C13H19NO2. The monoisotopic (exact) mass is 221 g/mol. The zero-order valence-electron chi connectivity index (χ0n) is 10.2. The van der Waals surface area contributed by atoms with Gasteiger partial charge in [-0.1, -0.05) is 19.4 Å². The molecule has 0 aliphatic rings. The Balaban J connectivity index is 2.82. The number of unbranched alkanes of at least 4 members (excludes halogenated alkanes) is 1. The van der Waals surface area contributed by atoms with Crippen LogP contribution in [0.4, 0.5) is 5.69 Å². The molecular weight excluding hydrogens is 202 g/mol. The van der Waals surface area contributed by atoms with Gasteiger partial charge in [0.15, 0.2) is 0 Å². The summed E-state index contributed by atoms with van der Waals surface area (Å²) < 4.78 is 4.73. The molecule has 0 radical (unpaired) electrons. The fraction of sp³-hybridized carbons (Fsp3) is 0.462. The van der Waals surface area contributed by atoms with Gasteiger partial charge in [0, 0.05) is 12.2 Å². The molecule has 1 aromatic carbocycles. The van der Waals surface area contributed by atoms with E-state index in [-0.39, 0.29) is 5.97 Å². The van der Waals surface area contributed by atoms with Crippen LogP contribution in [-0.2, 0) is 4.74 Å². The van der Waals surface area contributed by atoms with E-state index in [4.69, 9.17) is 4.74 Å². The Labute approximate surface area is 96.8 Å². The van der Waals surface area contributed by atoms with Crippen molar-refractivity contribution in [1.82, 2.24) is 0 Å². The Kier molecular flexibility index (Phi) is 4.83. The Hall–Kier alpha value is -1.51. The van der Waals surface area contributed by atoms with Crippen molar-refractivity contribution in [2.24, 2.45) is 0 Å². The molecule has 0 heterocycles. The zero-order valence-corrected chi connectivity index (χ0v) is 10.2. The summed E-state index contributed by atoms with van der Waals surface area (Å²) in [6.07, 6.45) is 2.28. The number of benzene rings is 1. The topological polar surface area (TPSA) is 38.3 Å². The van der Waals surface area contributed by atoms with Gasteiger partial charge < -0.3 is 10.1 Å². The predicted octanol–water partition coefficient (Wildman–Crippen LogP) is 2.99. The van der Waals surface area contributed by atoms with Crippen molar-refractivity contribution < 1.29 is 9.53 Å².